The van der Waals surface area contributed by atoms with Gasteiger partial charge in [0.2, 0.25) is 11.9 Å². The number of primary amides is 2. The number of allylic oxidation sites excluding steroid dienone is 3. The SMILES string of the molecule is CC[C@@H]1CN=C(C)C=C1C(=O)NC1=Nc2ccc(C(=O)N3CCC(C(N)=O)CC3)cc2C(C/C=C/Cn2c(NC(=O)c3cc(C)nn3CC)nc3cc(C(N)=O)c4oc(C)cc4c32)C1. The van der Waals surface area contributed by atoms with Crippen molar-refractivity contribution in [2.24, 2.45) is 33.3 Å². The van der Waals surface area contributed by atoms with Gasteiger partial charge in [0, 0.05) is 73.2 Å². The summed E-state index contributed by atoms with van der Waals surface area (Å²) in [6, 6.07) is 10.6. The van der Waals surface area contributed by atoms with Gasteiger partial charge in [-0.25, -0.2) is 9.98 Å². The zero-order chi connectivity index (χ0) is 45.4. The van der Waals surface area contributed by atoms with Gasteiger partial charge in [-0.1, -0.05) is 19.1 Å². The molecule has 2 aromatic carbocycles. The Balaban J connectivity index is 1.11. The van der Waals surface area contributed by atoms with Gasteiger partial charge in [0.15, 0.2) is 0 Å². The molecule has 332 valence electrons. The lowest BCUT2D eigenvalue weighted by Crippen LogP contribution is -2.41. The maximum atomic E-state index is 13.8. The van der Waals surface area contributed by atoms with Crippen LogP contribution in [0.3, 0.4) is 0 Å². The number of dihydropyridines is 1. The van der Waals surface area contributed by atoms with Gasteiger partial charge in [0.1, 0.15) is 22.9 Å². The third-order valence-corrected chi connectivity index (χ3v) is 12.4. The molecule has 6 N–H and O–H groups in total. The summed E-state index contributed by atoms with van der Waals surface area (Å²) in [4.78, 5) is 81.8. The van der Waals surface area contributed by atoms with E-state index in [4.69, 9.17) is 25.9 Å². The Bertz CT molecular complexity index is 2850. The maximum absolute atomic E-state index is 13.8. The number of carbonyl (C=O) groups excluding carboxylic acids is 5. The molecule has 3 aromatic heterocycles. The highest BCUT2D eigenvalue weighted by Gasteiger charge is 2.31. The minimum Gasteiger partial charge on any atom is -0.460 e. The van der Waals surface area contributed by atoms with Crippen LogP contribution in [0.4, 0.5) is 11.6 Å². The number of aromatic nitrogens is 4. The number of furan rings is 1. The van der Waals surface area contributed by atoms with Crippen LogP contribution in [0.25, 0.3) is 22.0 Å². The second-order valence-corrected chi connectivity index (χ2v) is 16.8. The van der Waals surface area contributed by atoms with Crippen molar-refractivity contribution >= 4 is 74.7 Å². The van der Waals surface area contributed by atoms with Crippen molar-refractivity contribution in [2.75, 3.05) is 25.0 Å². The van der Waals surface area contributed by atoms with Crippen molar-refractivity contribution in [1.29, 1.82) is 0 Å². The Morgan fingerprint density at radius 3 is 2.44 bits per heavy atom. The van der Waals surface area contributed by atoms with Gasteiger partial charge in [-0.15, -0.1) is 0 Å². The lowest BCUT2D eigenvalue weighted by Gasteiger charge is -2.31. The average Bonchev–Trinajstić information content (AvgIpc) is 3.97. The van der Waals surface area contributed by atoms with Crippen molar-refractivity contribution in [3.8, 4) is 0 Å². The van der Waals surface area contributed by atoms with Crippen LogP contribution in [-0.2, 0) is 22.7 Å². The molecule has 64 heavy (non-hydrogen) atoms. The summed E-state index contributed by atoms with van der Waals surface area (Å²) >= 11 is 0. The number of imidazole rings is 1. The molecule has 5 aromatic rings. The predicted octanol–water partition coefficient (Wildman–Crippen LogP) is 6.01. The number of amides is 5. The lowest BCUT2D eigenvalue weighted by atomic mass is 9.86. The van der Waals surface area contributed by atoms with E-state index in [-0.39, 0.29) is 53.5 Å². The molecule has 17 heteroatoms. The average molecular weight is 868 g/mol. The molecule has 0 aliphatic carbocycles. The number of carbonyl (C=O) groups is 5. The Labute approximate surface area is 369 Å². The standard InChI is InChI=1S/C47H53N11O6/c1-6-28-24-50-25(3)18-33(28)44(61)53-39-22-30(32-21-31(11-12-36(32)51-39)46(63)56-16-13-29(14-17-56)42(48)59)10-8-9-15-57-40-34-20-27(5)64-41(34)35(43(49)60)23-37(40)52-47(57)54-45(62)38-19-26(4)55-58(38)7-2/h8-9,11-12,18-21,23,28-30H,6-7,10,13-17,22,24H2,1-5H3,(H2,48,59)(H2,49,60)(H,51,53,61)(H,52,54,62)/b9-8+/t28-,30?/m1/s1. The number of aryl methyl sites for hydroxylation is 3. The van der Waals surface area contributed by atoms with Gasteiger partial charge < -0.3 is 30.7 Å². The number of rotatable bonds is 12. The van der Waals surface area contributed by atoms with E-state index >= 15 is 0 Å². The second kappa shape index (κ2) is 17.9. The summed E-state index contributed by atoms with van der Waals surface area (Å²) in [5.41, 5.74) is 17.5. The molecule has 8 rings (SSSR count). The molecule has 0 bridgehead atoms. The molecule has 3 aliphatic heterocycles. The molecule has 5 amide bonds. The Kier molecular flexibility index (Phi) is 12.2. The Morgan fingerprint density at radius 2 is 1.72 bits per heavy atom. The largest absolute Gasteiger partial charge is 0.460 e. The number of amidine groups is 1. The van der Waals surface area contributed by atoms with Crippen molar-refractivity contribution in [3.63, 3.8) is 0 Å². The van der Waals surface area contributed by atoms with Gasteiger partial charge in [0.25, 0.3) is 23.6 Å². The smallest absolute Gasteiger partial charge is 0.276 e. The first kappa shape index (κ1) is 43.5. The van der Waals surface area contributed by atoms with Gasteiger partial charge >= 0.3 is 0 Å². The van der Waals surface area contributed by atoms with E-state index in [1.807, 2.05) is 68.7 Å². The van der Waals surface area contributed by atoms with Crippen LogP contribution in [0.15, 0.2) is 74.6 Å². The molecular formula is C47H53N11O6. The number of nitrogens with one attached hydrogen (secondary N) is 2. The molecule has 17 nitrogen and oxygen atoms in total. The third kappa shape index (κ3) is 8.61. The fourth-order valence-corrected chi connectivity index (χ4v) is 9.01. The third-order valence-electron chi connectivity index (χ3n) is 12.4. The number of hydrogen-bond acceptors (Lipinski definition) is 10. The highest BCUT2D eigenvalue weighted by molar-refractivity contribution is 6.15. The van der Waals surface area contributed by atoms with Crippen LogP contribution in [0.1, 0.15) is 107 Å². The van der Waals surface area contributed by atoms with Crippen LogP contribution in [0.2, 0.25) is 0 Å². The van der Waals surface area contributed by atoms with Crippen LogP contribution in [-0.4, -0.2) is 84.9 Å². The number of nitrogens with zero attached hydrogens (tertiary/aromatic N) is 7. The number of benzene rings is 2. The number of anilines is 1. The normalized spacial score (nSPS) is 17.9. The molecule has 3 aliphatic rings. The number of nitrogens with two attached hydrogens (primary N) is 2. The van der Waals surface area contributed by atoms with E-state index in [0.29, 0.717) is 114 Å². The van der Waals surface area contributed by atoms with Gasteiger partial charge in [-0.3, -0.25) is 39.0 Å². The molecule has 0 spiro atoms. The predicted molar refractivity (Wildman–Crippen MR) is 244 cm³/mol. The van der Waals surface area contributed by atoms with Gasteiger partial charge in [-0.05, 0) is 107 Å². The molecule has 0 saturated carbocycles. The maximum Gasteiger partial charge on any atom is 0.276 e. The van der Waals surface area contributed by atoms with E-state index in [9.17, 15) is 24.0 Å². The number of aliphatic imine (C=N–C) groups is 2. The molecule has 1 unspecified atom stereocenters. The molecule has 1 saturated heterocycles. The lowest BCUT2D eigenvalue weighted by molar-refractivity contribution is -0.123. The van der Waals surface area contributed by atoms with E-state index in [1.54, 1.807) is 34.7 Å². The molecule has 6 heterocycles. The topological polar surface area (TPSA) is 238 Å². The van der Waals surface area contributed by atoms with Crippen molar-refractivity contribution in [1.82, 2.24) is 29.5 Å². The highest BCUT2D eigenvalue weighted by atomic mass is 16.3. The molecular weight excluding hydrogens is 815 g/mol. The fraction of sp³-hybridized carbons (Fsp3) is 0.383. The first-order chi connectivity index (χ1) is 30.7. The summed E-state index contributed by atoms with van der Waals surface area (Å²) in [5, 5.41) is 11.1. The first-order valence-electron chi connectivity index (χ1n) is 21.8. The minimum atomic E-state index is -0.669. The zero-order valence-corrected chi connectivity index (χ0v) is 36.7. The summed E-state index contributed by atoms with van der Waals surface area (Å²) in [7, 11) is 0. The Morgan fingerprint density at radius 1 is 0.938 bits per heavy atom. The van der Waals surface area contributed by atoms with Crippen molar-refractivity contribution in [3.05, 3.63) is 94.0 Å². The second-order valence-electron chi connectivity index (χ2n) is 16.8. The molecule has 0 radical (unpaired) electrons. The van der Waals surface area contributed by atoms with Crippen LogP contribution in [0, 0.1) is 25.7 Å². The number of piperidine rings is 1. The zero-order valence-electron chi connectivity index (χ0n) is 36.7. The Hall–Kier alpha value is -7.17. The van der Waals surface area contributed by atoms with Gasteiger partial charge in [0.05, 0.1) is 28.0 Å². The van der Waals surface area contributed by atoms with E-state index in [1.165, 1.54) is 0 Å². The van der Waals surface area contributed by atoms with Crippen molar-refractivity contribution in [2.45, 2.75) is 85.7 Å². The fourth-order valence-electron chi connectivity index (χ4n) is 9.01. The van der Waals surface area contributed by atoms with Gasteiger partial charge in [-0.2, -0.15) is 5.10 Å². The number of fused-ring (bicyclic) bond motifs is 4. The first-order valence-corrected chi connectivity index (χ1v) is 21.8. The molecule has 2 atom stereocenters. The highest BCUT2D eigenvalue weighted by Crippen LogP contribution is 2.39. The summed E-state index contributed by atoms with van der Waals surface area (Å²) < 4.78 is 9.45. The summed E-state index contributed by atoms with van der Waals surface area (Å²) in [5.74, 6) is -0.830. The van der Waals surface area contributed by atoms with Crippen LogP contribution in [0.5, 0.6) is 0 Å². The summed E-state index contributed by atoms with van der Waals surface area (Å²) in [6.07, 6.45) is 8.56. The number of likely N-dealkylation sites (tertiary alicyclic amines) is 1. The minimum absolute atomic E-state index is 0.00181. The number of hydrogen-bond donors (Lipinski definition) is 4. The summed E-state index contributed by atoms with van der Waals surface area (Å²) in [6.45, 7) is 11.6. The van der Waals surface area contributed by atoms with E-state index in [2.05, 4.69) is 20.7 Å². The van der Waals surface area contributed by atoms with E-state index in [0.717, 1.165) is 17.7 Å². The van der Waals surface area contributed by atoms with E-state index < -0.39 is 11.8 Å². The molecule has 1 fully saturated rings. The van der Waals surface area contributed by atoms with Crippen LogP contribution < -0.4 is 22.1 Å². The van der Waals surface area contributed by atoms with Crippen molar-refractivity contribution < 1.29 is 28.4 Å². The monoisotopic (exact) mass is 867 g/mol. The quantitative estimate of drug-likeness (QED) is 0.108. The van der Waals surface area contributed by atoms with Crippen LogP contribution >= 0.6 is 0 Å².